The molecule has 75 heavy (non-hydrogen) atoms. The monoisotopic (exact) mass is 1240 g/mol. The molecule has 15 nitrogen and oxygen atoms in total. The molecule has 0 radical (unpaired) electrons. The first-order valence-corrected chi connectivity index (χ1v) is 26.9. The van der Waals surface area contributed by atoms with Gasteiger partial charge in [-0.05, 0) is 127 Å². The summed E-state index contributed by atoms with van der Waals surface area (Å²) in [5.41, 5.74) is 3.89. The van der Waals surface area contributed by atoms with Crippen molar-refractivity contribution in [1.82, 2.24) is 14.9 Å². The van der Waals surface area contributed by atoms with Crippen LogP contribution >= 0.6 is 62.3 Å². The fraction of sp³-hybridized carbons (Fsp3) is 0.275. The molecule has 24 heteroatoms. The van der Waals surface area contributed by atoms with Gasteiger partial charge in [-0.1, -0.05) is 70.7 Å². The number of pyridine rings is 2. The van der Waals surface area contributed by atoms with Crippen LogP contribution in [0.3, 0.4) is 0 Å². The second-order valence-corrected chi connectivity index (χ2v) is 21.9. The van der Waals surface area contributed by atoms with Crippen LogP contribution in [-0.4, -0.2) is 122 Å². The number of sulfonamides is 2. The van der Waals surface area contributed by atoms with E-state index in [1.165, 1.54) is 76.2 Å². The van der Waals surface area contributed by atoms with Gasteiger partial charge in [-0.15, -0.1) is 0 Å². The molecule has 402 valence electrons. The minimum Gasteiger partial charge on any atom is -1.00 e. The summed E-state index contributed by atoms with van der Waals surface area (Å²) in [6.45, 7) is 10.5. The third-order valence-corrected chi connectivity index (χ3v) is 15.4. The Hall–Kier alpha value is -3.96. The Kier molecular flexibility index (Phi) is 29.5. The predicted octanol–water partition coefficient (Wildman–Crippen LogP) is 8.86. The molecule has 0 saturated heterocycles. The maximum atomic E-state index is 13.6. The zero-order valence-electron chi connectivity index (χ0n) is 43.3. The second-order valence-electron chi connectivity index (χ2n) is 15.8. The van der Waals surface area contributed by atoms with E-state index in [4.69, 9.17) is 65.4 Å². The molecular formula is C51H57BrCl5MgN5O10S2. The van der Waals surface area contributed by atoms with E-state index >= 15 is 0 Å². The third-order valence-electron chi connectivity index (χ3n) is 10.1. The van der Waals surface area contributed by atoms with Crippen molar-refractivity contribution in [1.29, 1.82) is 0 Å². The number of aryl methyl sites for hydroxylation is 4. The Morgan fingerprint density at radius 1 is 0.613 bits per heavy atom. The number of benzene rings is 4. The molecule has 0 bridgehead atoms. The Labute approximate surface area is 491 Å². The molecule has 4 aromatic carbocycles. The average molecular weight is 1250 g/mol. The van der Waals surface area contributed by atoms with Crippen molar-refractivity contribution in [3.8, 4) is 11.5 Å². The van der Waals surface area contributed by atoms with Gasteiger partial charge in [0.1, 0.15) is 35.3 Å². The fourth-order valence-electron chi connectivity index (χ4n) is 6.49. The number of anilines is 2. The van der Waals surface area contributed by atoms with Crippen molar-refractivity contribution < 1.29 is 57.8 Å². The molecule has 0 aliphatic carbocycles. The number of hydrogen-bond donors (Lipinski definition) is 0. The topological polar surface area (TPSA) is 175 Å². The van der Waals surface area contributed by atoms with Crippen molar-refractivity contribution in [2.75, 3.05) is 64.6 Å². The summed E-state index contributed by atoms with van der Waals surface area (Å²) in [6, 6.07) is 22.4. The normalized spacial score (nSPS) is 10.6. The number of nitrogens with zero attached hydrogens (tertiary/aromatic N) is 5. The van der Waals surface area contributed by atoms with Crippen LogP contribution in [0, 0.1) is 34.1 Å². The van der Waals surface area contributed by atoms with Crippen LogP contribution in [0.4, 0.5) is 11.4 Å². The maximum Gasteiger partial charge on any atom is 2.00 e. The van der Waals surface area contributed by atoms with E-state index in [1.54, 1.807) is 77.2 Å². The molecule has 6 aromatic rings. The van der Waals surface area contributed by atoms with Crippen LogP contribution in [-0.2, 0) is 29.5 Å². The van der Waals surface area contributed by atoms with Gasteiger partial charge in [-0.25, -0.2) is 35.4 Å². The molecule has 2 aromatic heterocycles. The van der Waals surface area contributed by atoms with Gasteiger partial charge in [0.25, 0.3) is 26.0 Å². The number of aromatic nitrogens is 2. The van der Waals surface area contributed by atoms with Crippen molar-refractivity contribution in [2.45, 2.75) is 51.3 Å². The Morgan fingerprint density at radius 2 is 1.01 bits per heavy atom. The molecule has 1 amide bonds. The van der Waals surface area contributed by atoms with Crippen molar-refractivity contribution in [2.24, 2.45) is 0 Å². The summed E-state index contributed by atoms with van der Waals surface area (Å²) < 4.78 is 76.2. The molecule has 0 saturated carbocycles. The van der Waals surface area contributed by atoms with Gasteiger partial charge < -0.3 is 42.7 Å². The standard InChI is InChI=1S/C23H22Cl2N2O5S.C14H13BrCl2N2O3S.C11H15NO2.C3H7.ClH.Mg/c1-14-6-5-7-20(32-4)21(14)23(28)22-19(11-16(24)12-26-22)27(13-31-3)33(29,30)17-8-9-18(25)15(2)10-17;1-9-5-11(3-4-12(9)17)23(20,21)19(8-22-2)13-6-10(16)7-18-14(13)15;1-8-6-5-7-9(14-4)10(8)11(13)12(2)3;1-3-2;;/h5-12H,13H2,1-4H3;3-7H,8H2,1-2H3;5-7H,1-4H3;3H,1-2H3;1H;/q;;;-1;;+2/p-1. The number of carbonyl (C=O) groups is 2. The van der Waals surface area contributed by atoms with E-state index in [0.29, 0.717) is 53.4 Å². The van der Waals surface area contributed by atoms with Crippen molar-refractivity contribution in [3.63, 3.8) is 0 Å². The molecule has 0 aliphatic heterocycles. The van der Waals surface area contributed by atoms with Gasteiger partial charge >= 0.3 is 23.1 Å². The van der Waals surface area contributed by atoms with E-state index in [-0.39, 0.29) is 92.3 Å². The summed E-state index contributed by atoms with van der Waals surface area (Å²) >= 11 is 27.4. The molecular weight excluding hydrogens is 1190 g/mol. The zero-order chi connectivity index (χ0) is 55.0. The van der Waals surface area contributed by atoms with Gasteiger partial charge in [0.2, 0.25) is 5.78 Å². The number of rotatable bonds is 15. The van der Waals surface area contributed by atoms with Gasteiger partial charge in [0, 0.05) is 50.8 Å². The largest absolute Gasteiger partial charge is 2.00 e. The summed E-state index contributed by atoms with van der Waals surface area (Å²) in [7, 11) is 1.19. The molecule has 0 unspecified atom stereocenters. The predicted molar refractivity (Wildman–Crippen MR) is 300 cm³/mol. The minimum absolute atomic E-state index is 0. The van der Waals surface area contributed by atoms with Crippen LogP contribution in [0.5, 0.6) is 11.5 Å². The molecule has 0 atom stereocenters. The van der Waals surface area contributed by atoms with Crippen molar-refractivity contribution >= 4 is 128 Å². The number of ether oxygens (including phenoxy) is 4. The van der Waals surface area contributed by atoms with E-state index in [1.807, 2.05) is 39.3 Å². The summed E-state index contributed by atoms with van der Waals surface area (Å²) in [5, 5.41) is 1.39. The first-order valence-electron chi connectivity index (χ1n) is 21.7. The van der Waals surface area contributed by atoms with Crippen LogP contribution in [0.1, 0.15) is 62.5 Å². The van der Waals surface area contributed by atoms with E-state index in [9.17, 15) is 26.4 Å². The summed E-state index contributed by atoms with van der Waals surface area (Å²) in [5.74, 6) is 0.432. The molecule has 0 spiro atoms. The van der Waals surface area contributed by atoms with Crippen molar-refractivity contribution in [3.05, 3.63) is 168 Å². The number of amides is 1. The summed E-state index contributed by atoms with van der Waals surface area (Å²) in [6.07, 6.45) is 4.70. The smallest absolute Gasteiger partial charge is 1.00 e. The Morgan fingerprint density at radius 3 is 1.43 bits per heavy atom. The number of methoxy groups -OCH3 is 4. The minimum atomic E-state index is -4.17. The van der Waals surface area contributed by atoms with Crippen LogP contribution in [0.15, 0.2) is 112 Å². The number of hydrogen-bond acceptors (Lipinski definition) is 12. The molecule has 0 aliphatic rings. The third kappa shape index (κ3) is 18.0. The van der Waals surface area contributed by atoms with Gasteiger partial charge in [0.15, 0.2) is 0 Å². The van der Waals surface area contributed by atoms with Crippen LogP contribution < -0.4 is 30.5 Å². The molecule has 0 N–H and O–H groups in total. The van der Waals surface area contributed by atoms with Crippen LogP contribution in [0.25, 0.3) is 0 Å². The van der Waals surface area contributed by atoms with Gasteiger partial charge in [0.05, 0.1) is 56.6 Å². The SMILES string of the molecule is COCN(c1cc(Cl)cnc1Br)S(=O)(=O)c1ccc(Cl)c(C)c1.COCN(c1cc(Cl)cnc1C(=O)c1c(C)cccc1OC)S(=O)(=O)c1ccc(Cl)c(C)c1.COc1cccc(C)c1C(=O)N(C)C.C[CH-]C.[Cl-].[Mg+2]. The van der Waals surface area contributed by atoms with Crippen LogP contribution in [0.2, 0.25) is 20.1 Å². The molecule has 6 rings (SSSR count). The first kappa shape index (κ1) is 69.1. The quantitative estimate of drug-likeness (QED) is 0.0315. The van der Waals surface area contributed by atoms with Gasteiger partial charge in [-0.2, -0.15) is 13.8 Å². The van der Waals surface area contributed by atoms with E-state index in [2.05, 4.69) is 25.9 Å². The fourth-order valence-corrected chi connectivity index (χ4v) is 10.5. The first-order chi connectivity index (χ1) is 34.4. The number of carbonyl (C=O) groups excluding carboxylic acids is 2. The second kappa shape index (κ2) is 32.1. The maximum absolute atomic E-state index is 13.6. The average Bonchev–Trinajstić information content (AvgIpc) is 3.34. The van der Waals surface area contributed by atoms with Gasteiger partial charge in [-0.3, -0.25) is 9.59 Å². The summed E-state index contributed by atoms with van der Waals surface area (Å²) in [4.78, 5) is 35.2. The van der Waals surface area contributed by atoms with E-state index < -0.39 is 25.8 Å². The Balaban J connectivity index is 0.000000582. The zero-order valence-corrected chi connectivity index (χ0v) is 51.8. The molecule has 2 heterocycles. The number of halogens is 6. The molecule has 0 fully saturated rings. The Bertz CT molecular complexity index is 3130. The van der Waals surface area contributed by atoms with E-state index in [0.717, 1.165) is 14.2 Å². The number of ketones is 1.